The molecule has 2 aromatic heterocycles. The van der Waals surface area contributed by atoms with Gasteiger partial charge in [-0.1, -0.05) is 48.5 Å². The van der Waals surface area contributed by atoms with E-state index in [0.29, 0.717) is 58.4 Å². The van der Waals surface area contributed by atoms with Gasteiger partial charge in [0, 0.05) is 34.4 Å². The number of benzene rings is 6. The van der Waals surface area contributed by atoms with Gasteiger partial charge in [-0.2, -0.15) is 0 Å². The Morgan fingerprint density at radius 1 is 0.407 bits per heavy atom. The molecule has 416 valence electrons. The number of aromatic nitrogens is 6. The molecule has 2 heterocycles. The standard InChI is InChI=1S/C33H33N3O4.C29H27N3O2.C4H7ClO2/c1-2-39-30(38)20-40-27-15-16-28(29(37)19-27)33-35-31(25-13-11-21-7-3-5-9-23(21)17-25)34-32(36-33)26-14-12-22-8-4-6-10-24(22)18-26;33-24-13-14-25(26(34)17-24)29-31-27(22-11-9-18-5-1-3-7-20(18)15-22)30-28(32-29)23-12-10-19-6-2-4-8-21(19)16-23;1-2-7-4(6)3-5/h11-19,37H,2-10,20H2,1H3;9-17,33-34H,1-8H2;2-3H2,1H3. The van der Waals surface area contributed by atoms with Crippen LogP contribution in [0.2, 0.25) is 0 Å². The molecule has 4 aliphatic carbocycles. The van der Waals surface area contributed by atoms with Gasteiger partial charge in [-0.25, -0.2) is 34.7 Å². The molecule has 3 N–H and O–H groups in total. The largest absolute Gasteiger partial charge is 0.508 e. The van der Waals surface area contributed by atoms with Gasteiger partial charge in [0.25, 0.3) is 0 Å². The number of carbonyl (C=O) groups is 2. The second-order valence-corrected chi connectivity index (χ2v) is 21.1. The molecule has 8 aromatic rings. The van der Waals surface area contributed by atoms with Gasteiger partial charge in [0.1, 0.15) is 28.9 Å². The van der Waals surface area contributed by atoms with E-state index in [0.717, 1.165) is 73.6 Å². The van der Waals surface area contributed by atoms with E-state index in [2.05, 4.69) is 77.5 Å². The summed E-state index contributed by atoms with van der Waals surface area (Å²) in [4.78, 5) is 50.7. The zero-order valence-corrected chi connectivity index (χ0v) is 46.7. The molecule has 0 spiro atoms. The highest BCUT2D eigenvalue weighted by Crippen LogP contribution is 2.37. The second-order valence-electron chi connectivity index (χ2n) is 20.8. The van der Waals surface area contributed by atoms with Gasteiger partial charge in [-0.15, -0.1) is 11.6 Å². The number of alkyl halides is 1. The van der Waals surface area contributed by atoms with Crippen LogP contribution >= 0.6 is 11.6 Å². The summed E-state index contributed by atoms with van der Waals surface area (Å²) >= 11 is 5.06. The number of ether oxygens (including phenoxy) is 3. The first-order valence-corrected chi connectivity index (χ1v) is 28.9. The van der Waals surface area contributed by atoms with Gasteiger partial charge in [-0.05, 0) is 210 Å². The van der Waals surface area contributed by atoms with Crippen molar-refractivity contribution in [2.75, 3.05) is 25.7 Å². The molecule has 6 aromatic carbocycles. The second kappa shape index (κ2) is 26.4. The van der Waals surface area contributed by atoms with Gasteiger partial charge in [0.2, 0.25) is 0 Å². The number of phenols is 3. The van der Waals surface area contributed by atoms with Crippen LogP contribution in [0.15, 0.2) is 109 Å². The number of rotatable bonds is 12. The van der Waals surface area contributed by atoms with E-state index in [1.165, 1.54) is 114 Å². The highest BCUT2D eigenvalue weighted by atomic mass is 35.5. The number of fused-ring (bicyclic) bond motifs is 4. The number of nitrogens with zero attached hydrogens (tertiary/aromatic N) is 6. The average molecular weight is 1110 g/mol. The predicted octanol–water partition coefficient (Wildman–Crippen LogP) is 13.1. The van der Waals surface area contributed by atoms with Crippen LogP contribution < -0.4 is 4.74 Å². The topological polar surface area (TPSA) is 200 Å². The van der Waals surface area contributed by atoms with Crippen molar-refractivity contribution in [3.05, 3.63) is 154 Å². The van der Waals surface area contributed by atoms with E-state index >= 15 is 0 Å². The van der Waals surface area contributed by atoms with Crippen molar-refractivity contribution in [3.63, 3.8) is 0 Å². The average Bonchev–Trinajstić information content (AvgIpc) is 3.58. The van der Waals surface area contributed by atoms with E-state index < -0.39 is 5.97 Å². The lowest BCUT2D eigenvalue weighted by Gasteiger charge is -2.18. The third-order valence-corrected chi connectivity index (χ3v) is 15.4. The van der Waals surface area contributed by atoms with Crippen molar-refractivity contribution in [1.29, 1.82) is 0 Å². The first-order chi connectivity index (χ1) is 39.5. The van der Waals surface area contributed by atoms with Gasteiger partial charge < -0.3 is 29.5 Å². The normalized spacial score (nSPS) is 14.0. The minimum atomic E-state index is -0.465. The number of aromatic hydroxyl groups is 3. The van der Waals surface area contributed by atoms with E-state index in [1.54, 1.807) is 32.0 Å². The summed E-state index contributed by atoms with van der Waals surface area (Å²) in [6.07, 6.45) is 18.5. The molecule has 4 aliphatic rings. The summed E-state index contributed by atoms with van der Waals surface area (Å²) in [5.74, 6) is 2.51. The molecule has 81 heavy (non-hydrogen) atoms. The SMILES string of the molecule is CCOC(=O)CCl.CCOC(=O)COc1ccc(-c2nc(-c3ccc4c(c3)CCCC4)nc(-c3ccc4c(c3)CCCC4)n2)c(O)c1.Oc1ccc(-c2nc(-c3ccc4c(c3)CCCC4)nc(-c3ccc4c(c3)CCCC4)n2)c(O)c1. The Kier molecular flexibility index (Phi) is 18.2. The maximum Gasteiger partial charge on any atom is 0.344 e. The minimum Gasteiger partial charge on any atom is -0.508 e. The Morgan fingerprint density at radius 3 is 1.07 bits per heavy atom. The van der Waals surface area contributed by atoms with Gasteiger partial charge in [-0.3, -0.25) is 4.79 Å². The Labute approximate surface area is 477 Å². The zero-order valence-electron chi connectivity index (χ0n) is 46.0. The summed E-state index contributed by atoms with van der Waals surface area (Å²) in [6.45, 7) is 3.94. The van der Waals surface area contributed by atoms with E-state index in [4.69, 9.17) is 51.0 Å². The van der Waals surface area contributed by atoms with Crippen LogP contribution in [0, 0.1) is 0 Å². The molecular weight excluding hydrogens is 1040 g/mol. The van der Waals surface area contributed by atoms with Gasteiger partial charge in [0.15, 0.2) is 41.6 Å². The third-order valence-electron chi connectivity index (χ3n) is 15.2. The highest BCUT2D eigenvalue weighted by molar-refractivity contribution is 6.26. The number of hydrogen-bond acceptors (Lipinski definition) is 14. The molecule has 0 saturated carbocycles. The zero-order chi connectivity index (χ0) is 56.2. The number of phenolic OH excluding ortho intramolecular Hbond substituents is 3. The molecule has 0 amide bonds. The summed E-state index contributed by atoms with van der Waals surface area (Å²) in [5.41, 5.74) is 15.8. The lowest BCUT2D eigenvalue weighted by molar-refractivity contribution is -0.145. The monoisotopic (exact) mass is 1110 g/mol. The van der Waals surface area contributed by atoms with Crippen molar-refractivity contribution in [1.82, 2.24) is 29.9 Å². The first-order valence-electron chi connectivity index (χ1n) is 28.4. The van der Waals surface area contributed by atoms with Crippen molar-refractivity contribution in [2.45, 2.75) is 117 Å². The molecule has 0 atom stereocenters. The van der Waals surface area contributed by atoms with Gasteiger partial charge >= 0.3 is 11.9 Å². The lowest BCUT2D eigenvalue weighted by Crippen LogP contribution is -2.14. The van der Waals surface area contributed by atoms with Crippen LogP contribution in [0.5, 0.6) is 23.0 Å². The summed E-state index contributed by atoms with van der Waals surface area (Å²) in [5, 5.41) is 31.2. The molecule has 0 radical (unpaired) electrons. The highest BCUT2D eigenvalue weighted by Gasteiger charge is 2.22. The van der Waals surface area contributed by atoms with Crippen molar-refractivity contribution in [3.8, 4) is 91.3 Å². The van der Waals surface area contributed by atoms with Crippen LogP contribution in [0.4, 0.5) is 0 Å². The van der Waals surface area contributed by atoms with Crippen LogP contribution in [0.25, 0.3) is 68.3 Å². The summed E-state index contributed by atoms with van der Waals surface area (Å²) in [6, 6.07) is 35.3. The lowest BCUT2D eigenvalue weighted by atomic mass is 9.90. The summed E-state index contributed by atoms with van der Waals surface area (Å²) < 4.78 is 14.8. The molecular formula is C66H67ClN6O8. The van der Waals surface area contributed by atoms with E-state index in [1.807, 2.05) is 0 Å². The van der Waals surface area contributed by atoms with Crippen molar-refractivity contribution < 1.29 is 39.1 Å². The molecule has 0 aliphatic heterocycles. The number of esters is 2. The first kappa shape index (κ1) is 56.1. The summed E-state index contributed by atoms with van der Waals surface area (Å²) in [7, 11) is 0. The Balaban J connectivity index is 0.000000164. The molecule has 0 bridgehead atoms. The van der Waals surface area contributed by atoms with Gasteiger partial charge in [0.05, 0.1) is 24.3 Å². The van der Waals surface area contributed by atoms with E-state index in [-0.39, 0.29) is 42.3 Å². The Bertz CT molecular complexity index is 3430. The maximum atomic E-state index is 11.7. The molecule has 0 unspecified atom stereocenters. The quantitative estimate of drug-likeness (QED) is 0.0771. The molecule has 14 nitrogen and oxygen atoms in total. The molecule has 12 rings (SSSR count). The van der Waals surface area contributed by atoms with Crippen LogP contribution in [0.3, 0.4) is 0 Å². The number of aryl methyl sites for hydroxylation is 8. The number of hydrogen-bond donors (Lipinski definition) is 3. The number of carbonyl (C=O) groups excluding carboxylic acids is 2. The smallest absolute Gasteiger partial charge is 0.344 e. The van der Waals surface area contributed by atoms with Crippen molar-refractivity contribution >= 4 is 23.5 Å². The third kappa shape index (κ3) is 13.9. The Morgan fingerprint density at radius 2 is 0.741 bits per heavy atom. The molecule has 15 heteroatoms. The molecule has 0 saturated heterocycles. The fourth-order valence-corrected chi connectivity index (χ4v) is 11.1. The maximum absolute atomic E-state index is 11.7. The van der Waals surface area contributed by atoms with E-state index in [9.17, 15) is 24.9 Å². The number of halogens is 1. The minimum absolute atomic E-state index is 0.000118. The fourth-order valence-electron chi connectivity index (χ4n) is 11.0. The van der Waals surface area contributed by atoms with Crippen LogP contribution in [0.1, 0.15) is 110 Å². The molecule has 0 fully saturated rings. The predicted molar refractivity (Wildman–Crippen MR) is 313 cm³/mol. The van der Waals surface area contributed by atoms with Crippen LogP contribution in [-0.4, -0.2) is 82.9 Å². The fraction of sp³-hybridized carbons (Fsp3) is 0.333. The van der Waals surface area contributed by atoms with Crippen LogP contribution in [-0.2, 0) is 70.4 Å². The van der Waals surface area contributed by atoms with Crippen molar-refractivity contribution in [2.24, 2.45) is 0 Å². The Hall–Kier alpha value is -8.23.